The van der Waals surface area contributed by atoms with Gasteiger partial charge < -0.3 is 20.3 Å². The third kappa shape index (κ3) is 4.82. The molecule has 0 radical (unpaired) electrons. The Labute approximate surface area is 217 Å². The molecule has 0 unspecified atom stereocenters. The van der Waals surface area contributed by atoms with E-state index >= 15 is 0 Å². The quantitative estimate of drug-likeness (QED) is 0.337. The largest absolute Gasteiger partial charge is 0.456 e. The van der Waals surface area contributed by atoms with Crippen molar-refractivity contribution >= 4 is 45.7 Å². The third-order valence-electron chi connectivity index (χ3n) is 5.89. The van der Waals surface area contributed by atoms with E-state index in [2.05, 4.69) is 40.7 Å². The van der Waals surface area contributed by atoms with E-state index < -0.39 is 12.2 Å². The first-order chi connectivity index (χ1) is 18.3. The molecule has 0 bridgehead atoms. The van der Waals surface area contributed by atoms with Crippen molar-refractivity contribution in [2.24, 2.45) is 0 Å². The van der Waals surface area contributed by atoms with Crippen molar-refractivity contribution in [3.63, 3.8) is 0 Å². The van der Waals surface area contributed by atoms with Crippen molar-refractivity contribution in [1.29, 1.82) is 0 Å². The van der Waals surface area contributed by atoms with Gasteiger partial charge in [0.2, 0.25) is 5.95 Å². The molecule has 6 rings (SSSR count). The number of alkyl halides is 3. The molecule has 5 heterocycles. The first-order valence-corrected chi connectivity index (χ1v) is 11.8. The summed E-state index contributed by atoms with van der Waals surface area (Å²) in [4.78, 5) is 22.8. The summed E-state index contributed by atoms with van der Waals surface area (Å²) in [5.74, 6) is 1.48. The Morgan fingerprint density at radius 2 is 1.97 bits per heavy atom. The maximum atomic E-state index is 13.2. The minimum absolute atomic E-state index is 0.154. The highest BCUT2D eigenvalue weighted by Crippen LogP contribution is 2.33. The summed E-state index contributed by atoms with van der Waals surface area (Å²) in [6.07, 6.45) is 1.61. The summed E-state index contributed by atoms with van der Waals surface area (Å²) in [6, 6.07) is 6.91. The van der Waals surface area contributed by atoms with E-state index in [1.54, 1.807) is 41.0 Å². The molecule has 1 aliphatic rings. The fraction of sp³-hybridized carbons (Fsp3) is 0.217. The van der Waals surface area contributed by atoms with Gasteiger partial charge in [-0.05, 0) is 24.3 Å². The zero-order valence-electron chi connectivity index (χ0n) is 19.4. The van der Waals surface area contributed by atoms with Crippen LogP contribution in [0.5, 0.6) is 11.5 Å². The molecule has 38 heavy (non-hydrogen) atoms. The molecule has 2 N–H and O–H groups in total. The molecular formula is C23H18ClF3N10O. The van der Waals surface area contributed by atoms with Crippen molar-refractivity contribution in [2.45, 2.75) is 12.2 Å². The lowest BCUT2D eigenvalue weighted by atomic mass is 10.2. The number of fused-ring (bicyclic) bond motifs is 2. The standard InChI is InChI=1S/C23H18ClF3N10O/c24-15-7-13(1-2-17(15)38-14-3-5-37-19(8-14)31-12-33-37)34-21-20-16(30-11-32-21)9-29-22(35-20)36-6-4-28-18(10-36)23(25,26)27/h1-3,5,7-9,11-12,18,28H,4,6,10H2,(H,30,32,34)/t18-/m0/s1. The third-order valence-corrected chi connectivity index (χ3v) is 6.19. The predicted molar refractivity (Wildman–Crippen MR) is 133 cm³/mol. The molecule has 1 saturated heterocycles. The van der Waals surface area contributed by atoms with Crippen LogP contribution in [-0.2, 0) is 0 Å². The van der Waals surface area contributed by atoms with Crippen LogP contribution in [0.15, 0.2) is 55.4 Å². The van der Waals surface area contributed by atoms with Gasteiger partial charge in [-0.2, -0.15) is 18.3 Å². The first-order valence-electron chi connectivity index (χ1n) is 11.4. The van der Waals surface area contributed by atoms with Crippen LogP contribution in [0.3, 0.4) is 0 Å². The molecule has 1 aliphatic heterocycles. The average Bonchev–Trinajstić information content (AvgIpc) is 3.38. The molecule has 4 aromatic heterocycles. The van der Waals surface area contributed by atoms with Crippen molar-refractivity contribution in [1.82, 2.24) is 39.9 Å². The number of hydrogen-bond acceptors (Lipinski definition) is 10. The zero-order valence-corrected chi connectivity index (χ0v) is 20.1. The van der Waals surface area contributed by atoms with Gasteiger partial charge in [0, 0.05) is 37.6 Å². The number of piperazine rings is 1. The molecule has 0 spiro atoms. The van der Waals surface area contributed by atoms with Crippen LogP contribution in [0, 0.1) is 0 Å². The Bertz CT molecular complexity index is 1630. The lowest BCUT2D eigenvalue weighted by Gasteiger charge is -2.34. The lowest BCUT2D eigenvalue weighted by molar-refractivity contribution is -0.155. The van der Waals surface area contributed by atoms with Crippen LogP contribution < -0.4 is 20.3 Å². The molecule has 15 heteroatoms. The summed E-state index contributed by atoms with van der Waals surface area (Å²) >= 11 is 6.48. The van der Waals surface area contributed by atoms with Gasteiger partial charge in [0.05, 0.1) is 11.2 Å². The smallest absolute Gasteiger partial charge is 0.405 e. The van der Waals surface area contributed by atoms with Gasteiger partial charge in [-0.15, -0.1) is 0 Å². The normalized spacial score (nSPS) is 16.2. The Kier molecular flexibility index (Phi) is 6.04. The van der Waals surface area contributed by atoms with Gasteiger partial charge in [-0.1, -0.05) is 11.6 Å². The van der Waals surface area contributed by atoms with Crippen LogP contribution in [0.1, 0.15) is 0 Å². The van der Waals surface area contributed by atoms with Gasteiger partial charge in [-0.25, -0.2) is 29.4 Å². The van der Waals surface area contributed by atoms with Crippen molar-refractivity contribution in [3.8, 4) is 11.5 Å². The molecule has 0 saturated carbocycles. The molecule has 11 nitrogen and oxygen atoms in total. The van der Waals surface area contributed by atoms with Crippen LogP contribution in [-0.4, -0.2) is 66.4 Å². The number of nitrogens with one attached hydrogen (secondary N) is 2. The number of aromatic nitrogens is 7. The number of ether oxygens (including phenoxy) is 1. The molecule has 0 aliphatic carbocycles. The summed E-state index contributed by atoms with van der Waals surface area (Å²) in [5, 5.41) is 10.0. The fourth-order valence-electron chi connectivity index (χ4n) is 4.02. The van der Waals surface area contributed by atoms with Gasteiger partial charge >= 0.3 is 6.18 Å². The van der Waals surface area contributed by atoms with E-state index in [-0.39, 0.29) is 19.0 Å². The second kappa shape index (κ2) is 9.54. The summed E-state index contributed by atoms with van der Waals surface area (Å²) in [6.45, 7) is 0.184. The Morgan fingerprint density at radius 3 is 2.82 bits per heavy atom. The Morgan fingerprint density at radius 1 is 1.08 bits per heavy atom. The Hall–Kier alpha value is -4.30. The van der Waals surface area contributed by atoms with E-state index in [4.69, 9.17) is 16.3 Å². The van der Waals surface area contributed by atoms with Gasteiger partial charge in [-0.3, -0.25) is 0 Å². The second-order valence-electron chi connectivity index (χ2n) is 8.42. The number of rotatable bonds is 5. The van der Waals surface area contributed by atoms with Crippen LogP contribution in [0.2, 0.25) is 5.02 Å². The molecule has 1 aromatic carbocycles. The average molecular weight is 543 g/mol. The predicted octanol–water partition coefficient (Wildman–Crippen LogP) is 3.99. The van der Waals surface area contributed by atoms with E-state index in [0.717, 1.165) is 0 Å². The number of pyridine rings is 1. The molecule has 194 valence electrons. The van der Waals surface area contributed by atoms with E-state index in [1.807, 2.05) is 0 Å². The van der Waals surface area contributed by atoms with Crippen molar-refractivity contribution < 1.29 is 17.9 Å². The monoisotopic (exact) mass is 542 g/mol. The van der Waals surface area contributed by atoms with Gasteiger partial charge in [0.25, 0.3) is 0 Å². The lowest BCUT2D eigenvalue weighted by Crippen LogP contribution is -2.57. The highest BCUT2D eigenvalue weighted by molar-refractivity contribution is 6.32. The number of anilines is 3. The summed E-state index contributed by atoms with van der Waals surface area (Å²) < 4.78 is 47.2. The Balaban J connectivity index is 1.24. The molecule has 1 atom stereocenters. The maximum Gasteiger partial charge on any atom is 0.405 e. The first kappa shape index (κ1) is 24.1. The van der Waals surface area contributed by atoms with Crippen molar-refractivity contribution in [2.75, 3.05) is 29.9 Å². The zero-order chi connectivity index (χ0) is 26.3. The van der Waals surface area contributed by atoms with Gasteiger partial charge in [0.15, 0.2) is 11.5 Å². The highest BCUT2D eigenvalue weighted by Gasteiger charge is 2.42. The number of benzene rings is 1. The highest BCUT2D eigenvalue weighted by atomic mass is 35.5. The molecular weight excluding hydrogens is 525 g/mol. The van der Waals surface area contributed by atoms with Crippen molar-refractivity contribution in [3.05, 3.63) is 60.4 Å². The minimum Gasteiger partial charge on any atom is -0.456 e. The van der Waals surface area contributed by atoms with Crippen LogP contribution >= 0.6 is 11.6 Å². The fourth-order valence-corrected chi connectivity index (χ4v) is 4.24. The molecule has 1 fully saturated rings. The molecule has 5 aromatic rings. The van der Waals surface area contributed by atoms with E-state index in [9.17, 15) is 13.2 Å². The number of nitrogens with zero attached hydrogens (tertiary/aromatic N) is 8. The van der Waals surface area contributed by atoms with E-state index in [1.165, 1.54) is 23.8 Å². The molecule has 0 amide bonds. The van der Waals surface area contributed by atoms with Crippen LogP contribution in [0.4, 0.5) is 30.6 Å². The van der Waals surface area contributed by atoms with Gasteiger partial charge in [0.1, 0.15) is 41.2 Å². The number of hydrogen-bond donors (Lipinski definition) is 2. The minimum atomic E-state index is -4.37. The summed E-state index contributed by atoms with van der Waals surface area (Å²) in [5.41, 5.74) is 2.01. The summed E-state index contributed by atoms with van der Waals surface area (Å²) in [7, 11) is 0. The maximum absolute atomic E-state index is 13.2. The SMILES string of the molecule is FC(F)(F)[C@@H]1CN(c2ncc3ncnc(Nc4ccc(Oc5ccn6ncnc6c5)c(Cl)c4)c3n2)CCN1. The van der Waals surface area contributed by atoms with Crippen LogP contribution in [0.25, 0.3) is 16.7 Å². The number of halogens is 4. The topological polar surface area (TPSA) is 118 Å². The second-order valence-corrected chi connectivity index (χ2v) is 8.83. The van der Waals surface area contributed by atoms with E-state index in [0.29, 0.717) is 51.3 Å².